The highest BCUT2D eigenvalue weighted by atomic mass is 32.1. The third kappa shape index (κ3) is 4.02. The second-order valence-electron chi connectivity index (χ2n) is 4.67. The lowest BCUT2D eigenvalue weighted by Gasteiger charge is -2.21. The van der Waals surface area contributed by atoms with Crippen molar-refractivity contribution in [3.05, 3.63) is 29.6 Å². The number of carbonyl (C=O) groups excluding carboxylic acids is 1. The molecule has 17 heavy (non-hydrogen) atoms. The Morgan fingerprint density at radius 2 is 2.18 bits per heavy atom. The molecule has 0 fully saturated rings. The van der Waals surface area contributed by atoms with Gasteiger partial charge in [-0.25, -0.2) is 4.39 Å². The van der Waals surface area contributed by atoms with Gasteiger partial charge in [0, 0.05) is 23.5 Å². The Labute approximate surface area is 105 Å². The fourth-order valence-electron chi connectivity index (χ4n) is 1.16. The molecule has 1 rings (SSSR count). The smallest absolute Gasteiger partial charge is 0.254 e. The van der Waals surface area contributed by atoms with Gasteiger partial charge in [-0.2, -0.15) is 0 Å². The maximum Gasteiger partial charge on any atom is 0.254 e. The fraction of sp³-hybridized carbons (Fsp3) is 0.417. The molecule has 5 heteroatoms. The molecule has 0 unspecified atom stereocenters. The number of aliphatic hydroxyl groups is 1. The Kier molecular flexibility index (Phi) is 4.54. The van der Waals surface area contributed by atoms with Crippen molar-refractivity contribution >= 4 is 18.5 Å². The summed E-state index contributed by atoms with van der Waals surface area (Å²) in [6.07, 6.45) is 0. The first-order valence-corrected chi connectivity index (χ1v) is 5.68. The SMILES string of the molecule is CC(C)(CO)CNC(=O)c1cc(S)ccc1F. The summed E-state index contributed by atoms with van der Waals surface area (Å²) < 4.78 is 13.4. The van der Waals surface area contributed by atoms with Gasteiger partial charge in [0.1, 0.15) is 5.82 Å². The topological polar surface area (TPSA) is 49.3 Å². The minimum absolute atomic E-state index is 0.0359. The molecule has 0 heterocycles. The van der Waals surface area contributed by atoms with Crippen LogP contribution in [0, 0.1) is 11.2 Å². The van der Waals surface area contributed by atoms with E-state index in [1.165, 1.54) is 18.2 Å². The van der Waals surface area contributed by atoms with E-state index in [1.54, 1.807) is 13.8 Å². The van der Waals surface area contributed by atoms with Crippen LogP contribution in [0.4, 0.5) is 4.39 Å². The third-order valence-corrected chi connectivity index (χ3v) is 2.63. The quantitative estimate of drug-likeness (QED) is 0.721. The molecule has 0 aromatic heterocycles. The molecular formula is C12H16FNO2S. The molecule has 1 amide bonds. The Morgan fingerprint density at radius 1 is 1.53 bits per heavy atom. The molecule has 0 atom stereocenters. The van der Waals surface area contributed by atoms with Gasteiger partial charge in [-0.15, -0.1) is 12.6 Å². The van der Waals surface area contributed by atoms with Crippen LogP contribution in [0.1, 0.15) is 24.2 Å². The second-order valence-corrected chi connectivity index (χ2v) is 5.19. The van der Waals surface area contributed by atoms with E-state index in [-0.39, 0.29) is 18.7 Å². The zero-order valence-electron chi connectivity index (χ0n) is 9.83. The first kappa shape index (κ1) is 14.0. The standard InChI is InChI=1S/C12H16FNO2S/c1-12(2,7-15)6-14-11(16)9-5-8(17)3-4-10(9)13/h3-5,15,17H,6-7H2,1-2H3,(H,14,16). The Balaban J connectivity index is 2.74. The number of thiol groups is 1. The van der Waals surface area contributed by atoms with Gasteiger partial charge >= 0.3 is 0 Å². The van der Waals surface area contributed by atoms with Gasteiger partial charge in [-0.05, 0) is 18.2 Å². The summed E-state index contributed by atoms with van der Waals surface area (Å²) in [7, 11) is 0. The number of benzene rings is 1. The summed E-state index contributed by atoms with van der Waals surface area (Å²) >= 11 is 4.05. The Morgan fingerprint density at radius 3 is 2.76 bits per heavy atom. The lowest BCUT2D eigenvalue weighted by Crippen LogP contribution is -2.36. The number of rotatable bonds is 4. The predicted octanol–water partition coefficient (Wildman–Crippen LogP) is 1.86. The van der Waals surface area contributed by atoms with Crippen LogP contribution in [0.5, 0.6) is 0 Å². The van der Waals surface area contributed by atoms with Crippen molar-refractivity contribution in [2.24, 2.45) is 5.41 Å². The highest BCUT2D eigenvalue weighted by Gasteiger charge is 2.19. The summed E-state index contributed by atoms with van der Waals surface area (Å²) in [5.41, 5.74) is -0.462. The second kappa shape index (κ2) is 5.51. The molecule has 0 spiro atoms. The molecule has 1 aromatic rings. The zero-order valence-corrected chi connectivity index (χ0v) is 10.7. The van der Waals surface area contributed by atoms with E-state index in [2.05, 4.69) is 17.9 Å². The zero-order chi connectivity index (χ0) is 13.1. The van der Waals surface area contributed by atoms with Crippen LogP contribution in [-0.2, 0) is 0 Å². The maximum atomic E-state index is 13.4. The predicted molar refractivity (Wildman–Crippen MR) is 66.9 cm³/mol. The molecule has 94 valence electrons. The number of carbonyl (C=O) groups is 1. The number of amides is 1. The number of halogens is 1. The average Bonchev–Trinajstić information content (AvgIpc) is 2.29. The molecule has 0 aliphatic heterocycles. The maximum absolute atomic E-state index is 13.4. The number of hydrogen-bond donors (Lipinski definition) is 3. The summed E-state index contributed by atoms with van der Waals surface area (Å²) in [4.78, 5) is 12.2. The van der Waals surface area contributed by atoms with Crippen LogP contribution in [0.2, 0.25) is 0 Å². The number of aliphatic hydroxyl groups excluding tert-OH is 1. The van der Waals surface area contributed by atoms with Crippen molar-refractivity contribution in [1.29, 1.82) is 0 Å². The van der Waals surface area contributed by atoms with Gasteiger partial charge < -0.3 is 10.4 Å². The Hall–Kier alpha value is -1.07. The number of nitrogens with one attached hydrogen (secondary N) is 1. The van der Waals surface area contributed by atoms with E-state index in [1.807, 2.05) is 0 Å². The summed E-state index contributed by atoms with van der Waals surface area (Å²) in [5.74, 6) is -1.08. The van der Waals surface area contributed by atoms with Crippen LogP contribution in [0.3, 0.4) is 0 Å². The first-order chi connectivity index (χ1) is 7.85. The van der Waals surface area contributed by atoms with Gasteiger partial charge in [0.05, 0.1) is 5.56 Å². The van der Waals surface area contributed by atoms with Crippen molar-refractivity contribution in [2.45, 2.75) is 18.7 Å². The van der Waals surface area contributed by atoms with Crippen molar-refractivity contribution in [2.75, 3.05) is 13.2 Å². The van der Waals surface area contributed by atoms with E-state index in [4.69, 9.17) is 5.11 Å². The average molecular weight is 257 g/mol. The normalized spacial score (nSPS) is 11.4. The van der Waals surface area contributed by atoms with Gasteiger partial charge in [-0.1, -0.05) is 13.8 Å². The highest BCUT2D eigenvalue weighted by Crippen LogP contribution is 2.15. The molecule has 0 bridgehead atoms. The van der Waals surface area contributed by atoms with E-state index >= 15 is 0 Å². The van der Waals surface area contributed by atoms with Crippen molar-refractivity contribution < 1.29 is 14.3 Å². The number of hydrogen-bond acceptors (Lipinski definition) is 3. The third-order valence-electron chi connectivity index (χ3n) is 2.35. The highest BCUT2D eigenvalue weighted by molar-refractivity contribution is 7.80. The largest absolute Gasteiger partial charge is 0.396 e. The molecule has 0 saturated heterocycles. The van der Waals surface area contributed by atoms with Gasteiger partial charge in [0.25, 0.3) is 5.91 Å². The van der Waals surface area contributed by atoms with Crippen molar-refractivity contribution in [1.82, 2.24) is 5.32 Å². The van der Waals surface area contributed by atoms with E-state index in [0.29, 0.717) is 4.90 Å². The molecule has 0 saturated carbocycles. The van der Waals surface area contributed by atoms with Crippen LogP contribution >= 0.6 is 12.6 Å². The summed E-state index contributed by atoms with van der Waals surface area (Å²) in [5, 5.41) is 11.6. The molecule has 3 nitrogen and oxygen atoms in total. The summed E-state index contributed by atoms with van der Waals surface area (Å²) in [6, 6.07) is 4.06. The summed E-state index contributed by atoms with van der Waals surface area (Å²) in [6.45, 7) is 3.83. The van der Waals surface area contributed by atoms with Crippen LogP contribution in [-0.4, -0.2) is 24.2 Å². The molecule has 2 N–H and O–H groups in total. The van der Waals surface area contributed by atoms with Gasteiger partial charge in [0.15, 0.2) is 0 Å². The lowest BCUT2D eigenvalue weighted by molar-refractivity contribution is 0.0907. The lowest BCUT2D eigenvalue weighted by atomic mass is 9.95. The van der Waals surface area contributed by atoms with Crippen molar-refractivity contribution in [3.63, 3.8) is 0 Å². The fourth-order valence-corrected chi connectivity index (χ4v) is 1.36. The molecule has 0 aliphatic rings. The Bertz CT molecular complexity index is 421. The first-order valence-electron chi connectivity index (χ1n) is 5.23. The monoisotopic (exact) mass is 257 g/mol. The van der Waals surface area contributed by atoms with Gasteiger partial charge in [-0.3, -0.25) is 4.79 Å². The molecule has 1 aromatic carbocycles. The van der Waals surface area contributed by atoms with Gasteiger partial charge in [0.2, 0.25) is 0 Å². The van der Waals surface area contributed by atoms with Crippen LogP contribution < -0.4 is 5.32 Å². The van der Waals surface area contributed by atoms with E-state index in [0.717, 1.165) is 0 Å². The van der Waals surface area contributed by atoms with E-state index in [9.17, 15) is 9.18 Å². The van der Waals surface area contributed by atoms with E-state index < -0.39 is 17.1 Å². The van der Waals surface area contributed by atoms with Crippen molar-refractivity contribution in [3.8, 4) is 0 Å². The minimum atomic E-state index is -0.581. The van der Waals surface area contributed by atoms with Crippen LogP contribution in [0.15, 0.2) is 23.1 Å². The minimum Gasteiger partial charge on any atom is -0.396 e. The molecular weight excluding hydrogens is 241 g/mol. The van der Waals surface area contributed by atoms with Crippen LogP contribution in [0.25, 0.3) is 0 Å². The molecule has 0 aliphatic carbocycles. The molecule has 0 radical (unpaired) electrons.